The standard InChI is InChI=1S/C17H21F3N2O2/c18-17(19,20)10-22-8-12-2-1-3-15(14(12)9-22)21-16(24)11-4-6-13(23)7-5-11/h1-3,11,13,23H,4-10H2,(H,21,24). The third-order valence-corrected chi connectivity index (χ3v) is 4.78. The third-order valence-electron chi connectivity index (χ3n) is 4.78. The quantitative estimate of drug-likeness (QED) is 0.888. The number of amides is 1. The van der Waals surface area contributed by atoms with Crippen molar-refractivity contribution in [2.45, 2.75) is 51.1 Å². The number of alkyl halides is 3. The highest BCUT2D eigenvalue weighted by Crippen LogP contribution is 2.32. The van der Waals surface area contributed by atoms with Gasteiger partial charge in [0.15, 0.2) is 0 Å². The Morgan fingerprint density at radius 3 is 2.58 bits per heavy atom. The van der Waals surface area contributed by atoms with Crippen molar-refractivity contribution >= 4 is 11.6 Å². The van der Waals surface area contributed by atoms with Crippen molar-refractivity contribution in [2.24, 2.45) is 5.92 Å². The zero-order chi connectivity index (χ0) is 17.3. The number of aliphatic hydroxyl groups excluding tert-OH is 1. The van der Waals surface area contributed by atoms with E-state index in [4.69, 9.17) is 0 Å². The number of halogens is 3. The third kappa shape index (κ3) is 4.08. The lowest BCUT2D eigenvalue weighted by Crippen LogP contribution is -2.30. The Balaban J connectivity index is 1.66. The van der Waals surface area contributed by atoms with Gasteiger partial charge in [0.2, 0.25) is 5.91 Å². The maximum Gasteiger partial charge on any atom is 0.401 e. The average Bonchev–Trinajstić information content (AvgIpc) is 2.89. The Labute approximate surface area is 138 Å². The van der Waals surface area contributed by atoms with Gasteiger partial charge < -0.3 is 10.4 Å². The summed E-state index contributed by atoms with van der Waals surface area (Å²) in [5.74, 6) is -0.249. The molecule has 7 heteroatoms. The Hall–Kier alpha value is -1.60. The predicted octanol–water partition coefficient (Wildman–Crippen LogP) is 3.05. The van der Waals surface area contributed by atoms with Crippen LogP contribution in [0.3, 0.4) is 0 Å². The van der Waals surface area contributed by atoms with Gasteiger partial charge in [0, 0.05) is 24.7 Å². The summed E-state index contributed by atoms with van der Waals surface area (Å²) in [4.78, 5) is 13.7. The number of anilines is 1. The van der Waals surface area contributed by atoms with E-state index in [1.807, 2.05) is 0 Å². The summed E-state index contributed by atoms with van der Waals surface area (Å²) in [5, 5.41) is 12.4. The molecule has 132 valence electrons. The molecule has 0 unspecified atom stereocenters. The van der Waals surface area contributed by atoms with Crippen molar-refractivity contribution in [3.05, 3.63) is 29.3 Å². The molecule has 1 saturated carbocycles. The summed E-state index contributed by atoms with van der Waals surface area (Å²) < 4.78 is 37.8. The Kier molecular flexibility index (Phi) is 4.83. The second-order valence-corrected chi connectivity index (χ2v) is 6.70. The van der Waals surface area contributed by atoms with Gasteiger partial charge in [-0.1, -0.05) is 12.1 Å². The molecule has 2 N–H and O–H groups in total. The van der Waals surface area contributed by atoms with E-state index in [0.29, 0.717) is 31.4 Å². The lowest BCUT2D eigenvalue weighted by atomic mass is 9.87. The number of nitrogens with zero attached hydrogens (tertiary/aromatic N) is 1. The van der Waals surface area contributed by atoms with E-state index in [9.17, 15) is 23.1 Å². The lowest BCUT2D eigenvalue weighted by molar-refractivity contribution is -0.147. The van der Waals surface area contributed by atoms with Crippen molar-refractivity contribution in [2.75, 3.05) is 11.9 Å². The van der Waals surface area contributed by atoms with Crippen LogP contribution in [0.15, 0.2) is 18.2 Å². The van der Waals surface area contributed by atoms with Crippen LogP contribution < -0.4 is 5.32 Å². The molecule has 0 bridgehead atoms. The lowest BCUT2D eigenvalue weighted by Gasteiger charge is -2.25. The molecule has 0 spiro atoms. The molecule has 2 aliphatic rings. The van der Waals surface area contributed by atoms with Gasteiger partial charge in [0.05, 0.1) is 12.6 Å². The summed E-state index contributed by atoms with van der Waals surface area (Å²) in [6, 6.07) is 5.31. The molecule has 0 atom stereocenters. The van der Waals surface area contributed by atoms with Crippen LogP contribution in [0.25, 0.3) is 0 Å². The Bertz CT molecular complexity index is 610. The minimum absolute atomic E-state index is 0.107. The van der Waals surface area contributed by atoms with E-state index in [-0.39, 0.29) is 31.0 Å². The first-order valence-corrected chi connectivity index (χ1v) is 8.20. The fourth-order valence-electron chi connectivity index (χ4n) is 3.55. The van der Waals surface area contributed by atoms with Crippen molar-refractivity contribution in [3.8, 4) is 0 Å². The molecule has 24 heavy (non-hydrogen) atoms. The van der Waals surface area contributed by atoms with Gasteiger partial charge in [0.1, 0.15) is 0 Å². The van der Waals surface area contributed by atoms with E-state index in [0.717, 1.165) is 11.1 Å². The van der Waals surface area contributed by atoms with Crippen molar-refractivity contribution in [1.29, 1.82) is 0 Å². The van der Waals surface area contributed by atoms with Gasteiger partial charge in [-0.15, -0.1) is 0 Å². The maximum absolute atomic E-state index is 12.6. The van der Waals surface area contributed by atoms with Crippen LogP contribution in [0.4, 0.5) is 18.9 Å². The zero-order valence-electron chi connectivity index (χ0n) is 13.3. The fraction of sp³-hybridized carbons (Fsp3) is 0.588. The van der Waals surface area contributed by atoms with E-state index in [2.05, 4.69) is 5.32 Å². The normalized spacial score (nSPS) is 24.7. The smallest absolute Gasteiger partial charge is 0.393 e. The molecule has 0 radical (unpaired) electrons. The number of hydrogen-bond acceptors (Lipinski definition) is 3. The summed E-state index contributed by atoms with van der Waals surface area (Å²) in [7, 11) is 0. The zero-order valence-corrected chi connectivity index (χ0v) is 13.3. The first-order valence-electron chi connectivity index (χ1n) is 8.20. The second-order valence-electron chi connectivity index (χ2n) is 6.70. The first kappa shape index (κ1) is 17.2. The van der Waals surface area contributed by atoms with E-state index < -0.39 is 12.7 Å². The molecule has 3 rings (SSSR count). The number of rotatable bonds is 3. The van der Waals surface area contributed by atoms with Gasteiger partial charge in [-0.05, 0) is 42.9 Å². The number of fused-ring (bicyclic) bond motifs is 1. The number of aliphatic hydroxyl groups is 1. The number of hydrogen-bond donors (Lipinski definition) is 2. The highest BCUT2D eigenvalue weighted by atomic mass is 19.4. The highest BCUT2D eigenvalue weighted by molar-refractivity contribution is 5.93. The van der Waals surface area contributed by atoms with Crippen LogP contribution in [0, 0.1) is 5.92 Å². The van der Waals surface area contributed by atoms with Gasteiger partial charge in [-0.2, -0.15) is 13.2 Å². The fourth-order valence-corrected chi connectivity index (χ4v) is 3.55. The van der Waals surface area contributed by atoms with Crippen molar-refractivity contribution in [3.63, 3.8) is 0 Å². The van der Waals surface area contributed by atoms with Crippen LogP contribution in [-0.4, -0.2) is 34.7 Å². The summed E-state index contributed by atoms with van der Waals surface area (Å²) >= 11 is 0. The van der Waals surface area contributed by atoms with Crippen LogP contribution >= 0.6 is 0 Å². The Morgan fingerprint density at radius 2 is 1.92 bits per heavy atom. The van der Waals surface area contributed by atoms with Gasteiger partial charge >= 0.3 is 6.18 Å². The second kappa shape index (κ2) is 6.72. The van der Waals surface area contributed by atoms with Gasteiger partial charge in [0.25, 0.3) is 0 Å². The summed E-state index contributed by atoms with van der Waals surface area (Å²) in [6.45, 7) is -0.515. The number of carbonyl (C=O) groups excluding carboxylic acids is 1. The molecule has 4 nitrogen and oxygen atoms in total. The number of nitrogens with one attached hydrogen (secondary N) is 1. The SMILES string of the molecule is O=C(Nc1cccc2c1CN(CC(F)(F)F)C2)C1CCC(O)CC1. The van der Waals surface area contributed by atoms with Gasteiger partial charge in [-0.3, -0.25) is 9.69 Å². The van der Waals surface area contributed by atoms with Crippen molar-refractivity contribution in [1.82, 2.24) is 4.90 Å². The summed E-state index contributed by atoms with van der Waals surface area (Å²) in [6.07, 6.45) is -2.04. The van der Waals surface area contributed by atoms with Crippen LogP contribution in [0.2, 0.25) is 0 Å². The molecule has 1 aromatic carbocycles. The molecule has 0 aromatic heterocycles. The van der Waals surface area contributed by atoms with Gasteiger partial charge in [-0.25, -0.2) is 0 Å². The number of carbonyl (C=O) groups is 1. The Morgan fingerprint density at radius 1 is 1.21 bits per heavy atom. The topological polar surface area (TPSA) is 52.6 Å². The average molecular weight is 342 g/mol. The first-order chi connectivity index (χ1) is 11.3. The number of benzene rings is 1. The van der Waals surface area contributed by atoms with Crippen molar-refractivity contribution < 1.29 is 23.1 Å². The predicted molar refractivity (Wildman–Crippen MR) is 83.2 cm³/mol. The van der Waals surface area contributed by atoms with E-state index in [1.54, 1.807) is 18.2 Å². The van der Waals surface area contributed by atoms with E-state index >= 15 is 0 Å². The molecule has 1 aliphatic heterocycles. The molecule has 1 amide bonds. The molecule has 0 saturated heterocycles. The molecule has 1 aromatic rings. The van der Waals surface area contributed by atoms with Crippen LogP contribution in [-0.2, 0) is 17.9 Å². The van der Waals surface area contributed by atoms with Crippen LogP contribution in [0.1, 0.15) is 36.8 Å². The maximum atomic E-state index is 12.6. The van der Waals surface area contributed by atoms with Crippen LogP contribution in [0.5, 0.6) is 0 Å². The largest absolute Gasteiger partial charge is 0.401 e. The summed E-state index contributed by atoms with van der Waals surface area (Å²) in [5.41, 5.74) is 2.20. The molecule has 1 heterocycles. The van der Waals surface area contributed by atoms with E-state index in [1.165, 1.54) is 4.90 Å². The minimum atomic E-state index is -4.23. The molecule has 1 aliphatic carbocycles. The minimum Gasteiger partial charge on any atom is -0.393 e. The molecular weight excluding hydrogens is 321 g/mol. The monoisotopic (exact) mass is 342 g/mol. The molecule has 1 fully saturated rings. The highest BCUT2D eigenvalue weighted by Gasteiger charge is 2.34. The molecular formula is C17H21F3N2O2.